The lowest BCUT2D eigenvalue weighted by atomic mass is 9.88. The van der Waals surface area contributed by atoms with Crippen molar-refractivity contribution in [2.24, 2.45) is 5.92 Å². The average Bonchev–Trinajstić information content (AvgIpc) is 3.29. The van der Waals surface area contributed by atoms with Gasteiger partial charge in [-0.3, -0.25) is 9.59 Å². The first-order chi connectivity index (χ1) is 16.5. The highest BCUT2D eigenvalue weighted by atomic mass is 19.1. The van der Waals surface area contributed by atoms with Crippen LogP contribution in [0.3, 0.4) is 0 Å². The number of hydrogen-bond acceptors (Lipinski definition) is 2. The summed E-state index contributed by atoms with van der Waals surface area (Å²) in [6.07, 6.45) is 5.45. The van der Waals surface area contributed by atoms with Gasteiger partial charge in [0, 0.05) is 39.5 Å². The number of aromatic nitrogens is 1. The van der Waals surface area contributed by atoms with Crippen molar-refractivity contribution >= 4 is 34.1 Å². The van der Waals surface area contributed by atoms with Gasteiger partial charge in [-0.1, -0.05) is 31.4 Å². The van der Waals surface area contributed by atoms with Gasteiger partial charge in [-0.05, 0) is 79.1 Å². The third kappa shape index (κ3) is 4.86. The highest BCUT2D eigenvalue weighted by Gasteiger charge is 2.21. The monoisotopic (exact) mass is 455 g/mol. The van der Waals surface area contributed by atoms with Crippen molar-refractivity contribution in [3.63, 3.8) is 0 Å². The standard InChI is InChI=1S/C28H26FN3O2/c29-22-10-6-20(7-11-22)28(34)31-24-14-15-25-21(16-24)17-26(32-25)18-8-12-23(13-9-18)30-27(33)19-4-2-1-3-5-19/h6-17,19,32H,1-5H2,(H,30,33)(H,31,34). The van der Waals surface area contributed by atoms with Gasteiger partial charge < -0.3 is 15.6 Å². The van der Waals surface area contributed by atoms with Gasteiger partial charge in [-0.25, -0.2) is 4.39 Å². The number of aromatic amines is 1. The Morgan fingerprint density at radius 1 is 0.794 bits per heavy atom. The van der Waals surface area contributed by atoms with Crippen molar-refractivity contribution in [1.82, 2.24) is 4.98 Å². The number of benzene rings is 3. The van der Waals surface area contributed by atoms with E-state index in [0.717, 1.165) is 53.5 Å². The van der Waals surface area contributed by atoms with Crippen LogP contribution in [0.1, 0.15) is 42.5 Å². The van der Waals surface area contributed by atoms with Crippen LogP contribution in [-0.2, 0) is 4.79 Å². The van der Waals surface area contributed by atoms with Gasteiger partial charge in [0.1, 0.15) is 5.82 Å². The maximum absolute atomic E-state index is 13.1. The van der Waals surface area contributed by atoms with Gasteiger partial charge in [0.05, 0.1) is 0 Å². The molecule has 1 aliphatic rings. The Kier molecular flexibility index (Phi) is 6.12. The summed E-state index contributed by atoms with van der Waals surface area (Å²) in [6, 6.07) is 20.9. The first-order valence-electron chi connectivity index (χ1n) is 11.7. The molecule has 0 saturated heterocycles. The van der Waals surface area contributed by atoms with Crippen molar-refractivity contribution in [3.8, 4) is 11.3 Å². The molecule has 1 heterocycles. The van der Waals surface area contributed by atoms with E-state index in [1.807, 2.05) is 48.5 Å². The first kappa shape index (κ1) is 21.9. The Labute approximate surface area is 197 Å². The molecule has 1 fully saturated rings. The van der Waals surface area contributed by atoms with E-state index in [2.05, 4.69) is 15.6 Å². The van der Waals surface area contributed by atoms with E-state index < -0.39 is 0 Å². The zero-order chi connectivity index (χ0) is 23.5. The van der Waals surface area contributed by atoms with Crippen molar-refractivity contribution < 1.29 is 14.0 Å². The minimum Gasteiger partial charge on any atom is -0.355 e. The number of amides is 2. The summed E-state index contributed by atoms with van der Waals surface area (Å²) in [5.41, 5.74) is 4.76. The van der Waals surface area contributed by atoms with E-state index in [-0.39, 0.29) is 23.5 Å². The average molecular weight is 456 g/mol. The van der Waals surface area contributed by atoms with Crippen molar-refractivity contribution in [1.29, 1.82) is 0 Å². The summed E-state index contributed by atoms with van der Waals surface area (Å²) >= 11 is 0. The van der Waals surface area contributed by atoms with Gasteiger partial charge in [-0.15, -0.1) is 0 Å². The first-order valence-corrected chi connectivity index (χ1v) is 11.7. The van der Waals surface area contributed by atoms with E-state index in [1.54, 1.807) is 0 Å². The van der Waals surface area contributed by atoms with Crippen LogP contribution in [0.15, 0.2) is 72.8 Å². The molecule has 6 heteroatoms. The summed E-state index contributed by atoms with van der Waals surface area (Å²) < 4.78 is 13.1. The molecule has 0 spiro atoms. The van der Waals surface area contributed by atoms with Crippen molar-refractivity contribution in [2.45, 2.75) is 32.1 Å². The number of fused-ring (bicyclic) bond motifs is 1. The number of anilines is 2. The number of nitrogens with one attached hydrogen (secondary N) is 3. The Morgan fingerprint density at radius 3 is 2.24 bits per heavy atom. The third-order valence-electron chi connectivity index (χ3n) is 6.42. The Bertz CT molecular complexity index is 1320. The topological polar surface area (TPSA) is 74.0 Å². The molecule has 0 aliphatic heterocycles. The molecule has 34 heavy (non-hydrogen) atoms. The Hall–Kier alpha value is -3.93. The summed E-state index contributed by atoms with van der Waals surface area (Å²) in [4.78, 5) is 28.3. The molecule has 172 valence electrons. The van der Waals surface area contributed by atoms with E-state index >= 15 is 0 Å². The fraction of sp³-hybridized carbons (Fsp3) is 0.214. The number of H-pyrrole nitrogens is 1. The number of halogens is 1. The van der Waals surface area contributed by atoms with Gasteiger partial charge in [0.2, 0.25) is 5.91 Å². The van der Waals surface area contributed by atoms with Gasteiger partial charge >= 0.3 is 0 Å². The number of hydrogen-bond donors (Lipinski definition) is 3. The number of carbonyl (C=O) groups excluding carboxylic acids is 2. The molecule has 0 bridgehead atoms. The Balaban J connectivity index is 1.28. The fourth-order valence-corrected chi connectivity index (χ4v) is 4.51. The van der Waals surface area contributed by atoms with Gasteiger partial charge in [-0.2, -0.15) is 0 Å². The summed E-state index contributed by atoms with van der Waals surface area (Å²) in [5, 5.41) is 6.86. The van der Waals surface area contributed by atoms with Gasteiger partial charge in [0.25, 0.3) is 5.91 Å². The second kappa shape index (κ2) is 9.51. The molecule has 1 saturated carbocycles. The number of carbonyl (C=O) groups is 2. The van der Waals surface area contributed by atoms with Crippen LogP contribution in [0, 0.1) is 11.7 Å². The molecule has 3 aromatic carbocycles. The predicted octanol–water partition coefficient (Wildman–Crippen LogP) is 6.75. The van der Waals surface area contributed by atoms with E-state index in [4.69, 9.17) is 0 Å². The van der Waals surface area contributed by atoms with Crippen molar-refractivity contribution in [3.05, 3.63) is 84.2 Å². The summed E-state index contributed by atoms with van der Waals surface area (Å²) in [7, 11) is 0. The third-order valence-corrected chi connectivity index (χ3v) is 6.42. The highest BCUT2D eigenvalue weighted by molar-refractivity contribution is 6.05. The zero-order valence-electron chi connectivity index (χ0n) is 18.7. The lowest BCUT2D eigenvalue weighted by molar-refractivity contribution is -0.120. The van der Waals surface area contributed by atoms with Crippen LogP contribution in [0.25, 0.3) is 22.2 Å². The zero-order valence-corrected chi connectivity index (χ0v) is 18.7. The summed E-state index contributed by atoms with van der Waals surface area (Å²) in [6.45, 7) is 0. The normalized spacial score (nSPS) is 14.1. The van der Waals surface area contributed by atoms with Crippen LogP contribution in [0.2, 0.25) is 0 Å². The quantitative estimate of drug-likeness (QED) is 0.312. The molecule has 3 N–H and O–H groups in total. The van der Waals surface area contributed by atoms with Crippen LogP contribution in [-0.4, -0.2) is 16.8 Å². The smallest absolute Gasteiger partial charge is 0.255 e. The molecule has 2 amide bonds. The molecule has 5 nitrogen and oxygen atoms in total. The highest BCUT2D eigenvalue weighted by Crippen LogP contribution is 2.28. The molecular formula is C28H26FN3O2. The SMILES string of the molecule is O=C(Nc1ccc2[nH]c(-c3ccc(NC(=O)C4CCCCC4)cc3)cc2c1)c1ccc(F)cc1. The van der Waals surface area contributed by atoms with E-state index in [9.17, 15) is 14.0 Å². The molecule has 0 radical (unpaired) electrons. The molecule has 1 aliphatic carbocycles. The molecule has 0 unspecified atom stereocenters. The molecule has 5 rings (SSSR count). The lowest BCUT2D eigenvalue weighted by Gasteiger charge is -2.20. The maximum Gasteiger partial charge on any atom is 0.255 e. The lowest BCUT2D eigenvalue weighted by Crippen LogP contribution is -2.24. The summed E-state index contributed by atoms with van der Waals surface area (Å²) in [5.74, 6) is -0.424. The van der Waals surface area contributed by atoms with Crippen LogP contribution in [0.4, 0.5) is 15.8 Å². The molecular weight excluding hydrogens is 429 g/mol. The second-order valence-electron chi connectivity index (χ2n) is 8.85. The molecule has 0 atom stereocenters. The minimum absolute atomic E-state index is 0.119. The Morgan fingerprint density at radius 2 is 1.50 bits per heavy atom. The van der Waals surface area contributed by atoms with Crippen LogP contribution < -0.4 is 10.6 Å². The largest absolute Gasteiger partial charge is 0.355 e. The van der Waals surface area contributed by atoms with E-state index in [0.29, 0.717) is 11.3 Å². The van der Waals surface area contributed by atoms with E-state index in [1.165, 1.54) is 30.7 Å². The van der Waals surface area contributed by atoms with Crippen LogP contribution in [0.5, 0.6) is 0 Å². The second-order valence-corrected chi connectivity index (χ2v) is 8.85. The maximum atomic E-state index is 13.1. The van der Waals surface area contributed by atoms with Gasteiger partial charge in [0.15, 0.2) is 0 Å². The molecule has 4 aromatic rings. The fourth-order valence-electron chi connectivity index (χ4n) is 4.51. The minimum atomic E-state index is -0.377. The predicted molar refractivity (Wildman–Crippen MR) is 133 cm³/mol. The molecule has 1 aromatic heterocycles. The van der Waals surface area contributed by atoms with Crippen LogP contribution >= 0.6 is 0 Å². The van der Waals surface area contributed by atoms with Crippen molar-refractivity contribution in [2.75, 3.05) is 10.6 Å². The number of rotatable bonds is 5.